The van der Waals surface area contributed by atoms with Crippen LogP contribution in [0.2, 0.25) is 0 Å². The van der Waals surface area contributed by atoms with Crippen LogP contribution in [0.25, 0.3) is 0 Å². The molecule has 9 heteroatoms. The van der Waals surface area contributed by atoms with Gasteiger partial charge in [0.15, 0.2) is 0 Å². The second-order valence-electron chi connectivity index (χ2n) is 2.68. The van der Waals surface area contributed by atoms with E-state index in [0.717, 1.165) is 0 Å². The van der Waals surface area contributed by atoms with Crippen molar-refractivity contribution in [1.82, 2.24) is 20.6 Å². The molecule has 2 rings (SSSR count). The molecule has 0 spiro atoms. The lowest BCUT2D eigenvalue weighted by atomic mass is 10.5. The summed E-state index contributed by atoms with van der Waals surface area (Å²) in [5.41, 5.74) is 3.68. The van der Waals surface area contributed by atoms with Crippen LogP contribution in [0, 0.1) is 13.8 Å². The first-order valence-corrected chi connectivity index (χ1v) is 4.02. The average Bonchev–Trinajstić information content (AvgIpc) is 2.78. The Balaban J connectivity index is 2.02. The number of anilines is 1. The van der Waals surface area contributed by atoms with Gasteiger partial charge in [-0.1, -0.05) is 15.5 Å². The van der Waals surface area contributed by atoms with Gasteiger partial charge in [0.1, 0.15) is 11.4 Å². The third kappa shape index (κ3) is 1.95. The quantitative estimate of drug-likeness (QED) is 0.596. The van der Waals surface area contributed by atoms with Crippen molar-refractivity contribution in [3.63, 3.8) is 0 Å². The molecule has 0 amide bonds. The Labute approximate surface area is 83.5 Å². The molecule has 0 radical (unpaired) electrons. The SMILES string of the molecule is Cc1nonc1N=NNc1nonc1C. The Morgan fingerprint density at radius 3 is 2.33 bits per heavy atom. The van der Waals surface area contributed by atoms with Crippen LogP contribution < -0.4 is 5.43 Å². The van der Waals surface area contributed by atoms with Gasteiger partial charge in [0.05, 0.1) is 0 Å². The summed E-state index contributed by atoms with van der Waals surface area (Å²) in [6.45, 7) is 3.42. The lowest BCUT2D eigenvalue weighted by molar-refractivity contribution is 0.305. The fourth-order valence-electron chi connectivity index (χ4n) is 0.771. The lowest BCUT2D eigenvalue weighted by Gasteiger charge is -1.89. The molecule has 0 aromatic carbocycles. The Bertz CT molecular complexity index is 473. The molecule has 0 fully saturated rings. The molecular formula is C6H7N7O2. The highest BCUT2D eigenvalue weighted by Crippen LogP contribution is 2.13. The van der Waals surface area contributed by atoms with Crippen molar-refractivity contribution >= 4 is 11.6 Å². The van der Waals surface area contributed by atoms with E-state index in [-0.39, 0.29) is 0 Å². The minimum atomic E-state index is 0.302. The maximum absolute atomic E-state index is 4.45. The summed E-state index contributed by atoms with van der Waals surface area (Å²) in [7, 11) is 0. The van der Waals surface area contributed by atoms with Gasteiger partial charge in [-0.2, -0.15) is 0 Å². The minimum Gasteiger partial charge on any atom is -0.242 e. The highest BCUT2D eigenvalue weighted by Gasteiger charge is 2.04. The number of nitrogens with zero attached hydrogens (tertiary/aromatic N) is 6. The van der Waals surface area contributed by atoms with Gasteiger partial charge in [-0.25, -0.2) is 14.7 Å². The van der Waals surface area contributed by atoms with Crippen molar-refractivity contribution in [2.75, 3.05) is 5.43 Å². The van der Waals surface area contributed by atoms with Crippen LogP contribution in [-0.4, -0.2) is 20.6 Å². The Kier molecular flexibility index (Phi) is 2.35. The van der Waals surface area contributed by atoms with Crippen LogP contribution in [0.5, 0.6) is 0 Å². The monoisotopic (exact) mass is 209 g/mol. The Morgan fingerprint density at radius 2 is 1.73 bits per heavy atom. The van der Waals surface area contributed by atoms with Gasteiger partial charge in [0.2, 0.25) is 11.6 Å². The number of nitrogens with one attached hydrogen (secondary N) is 1. The van der Waals surface area contributed by atoms with Gasteiger partial charge >= 0.3 is 0 Å². The molecule has 1 N–H and O–H groups in total. The predicted molar refractivity (Wildman–Crippen MR) is 46.2 cm³/mol. The van der Waals surface area contributed by atoms with Crippen LogP contribution in [-0.2, 0) is 0 Å². The number of rotatable bonds is 3. The average molecular weight is 209 g/mol. The van der Waals surface area contributed by atoms with Crippen LogP contribution in [0.15, 0.2) is 19.6 Å². The van der Waals surface area contributed by atoms with Crippen molar-refractivity contribution in [2.45, 2.75) is 13.8 Å². The molecule has 0 atom stereocenters. The zero-order chi connectivity index (χ0) is 10.7. The molecule has 78 valence electrons. The Hall–Kier alpha value is -2.32. The fourth-order valence-corrected chi connectivity index (χ4v) is 0.771. The molecule has 0 saturated carbocycles. The van der Waals surface area contributed by atoms with E-state index in [9.17, 15) is 0 Å². The van der Waals surface area contributed by atoms with E-state index in [0.29, 0.717) is 23.0 Å². The van der Waals surface area contributed by atoms with Crippen molar-refractivity contribution < 1.29 is 9.26 Å². The standard InChI is InChI=1S/C6H7N7O2/c1-3-5(11-14-9-3)7-13-8-6-4(2)10-15-12-6/h1-2H3,(H,7,8,11,12). The van der Waals surface area contributed by atoms with E-state index < -0.39 is 0 Å². The summed E-state index contributed by atoms with van der Waals surface area (Å²) >= 11 is 0. The lowest BCUT2D eigenvalue weighted by Crippen LogP contribution is -1.88. The summed E-state index contributed by atoms with van der Waals surface area (Å²) < 4.78 is 8.87. The van der Waals surface area contributed by atoms with Crippen LogP contribution in [0.3, 0.4) is 0 Å². The van der Waals surface area contributed by atoms with Crippen molar-refractivity contribution in [3.8, 4) is 0 Å². The van der Waals surface area contributed by atoms with Crippen molar-refractivity contribution in [2.24, 2.45) is 10.3 Å². The third-order valence-electron chi connectivity index (χ3n) is 1.58. The number of aryl methyl sites for hydroxylation is 2. The maximum Gasteiger partial charge on any atom is 0.242 e. The van der Waals surface area contributed by atoms with Gasteiger partial charge in [-0.05, 0) is 24.2 Å². The second-order valence-corrected chi connectivity index (χ2v) is 2.68. The topological polar surface area (TPSA) is 115 Å². The highest BCUT2D eigenvalue weighted by atomic mass is 16.6. The van der Waals surface area contributed by atoms with Gasteiger partial charge < -0.3 is 0 Å². The third-order valence-corrected chi connectivity index (χ3v) is 1.58. The first-order valence-electron chi connectivity index (χ1n) is 4.02. The molecule has 0 aliphatic carbocycles. The van der Waals surface area contributed by atoms with E-state index in [2.05, 4.69) is 45.6 Å². The molecule has 9 nitrogen and oxygen atoms in total. The predicted octanol–water partition coefficient (Wildman–Crippen LogP) is 1.18. The Morgan fingerprint density at radius 1 is 1.00 bits per heavy atom. The smallest absolute Gasteiger partial charge is 0.242 e. The van der Waals surface area contributed by atoms with Gasteiger partial charge in [0.25, 0.3) is 0 Å². The summed E-state index contributed by atoms with van der Waals surface area (Å²) in [5, 5.41) is 21.5. The fraction of sp³-hybridized carbons (Fsp3) is 0.333. The highest BCUT2D eigenvalue weighted by molar-refractivity contribution is 5.35. The number of aromatic nitrogens is 4. The molecular weight excluding hydrogens is 202 g/mol. The second kappa shape index (κ2) is 3.82. The largest absolute Gasteiger partial charge is 0.242 e. The molecule has 2 heterocycles. The van der Waals surface area contributed by atoms with Crippen LogP contribution in [0.4, 0.5) is 11.6 Å². The van der Waals surface area contributed by atoms with Gasteiger partial charge in [-0.3, -0.25) is 0 Å². The first-order chi connectivity index (χ1) is 7.27. The molecule has 2 aromatic rings. The van der Waals surface area contributed by atoms with E-state index in [1.54, 1.807) is 13.8 Å². The zero-order valence-corrected chi connectivity index (χ0v) is 8.00. The zero-order valence-electron chi connectivity index (χ0n) is 8.00. The van der Waals surface area contributed by atoms with E-state index >= 15 is 0 Å². The molecule has 15 heavy (non-hydrogen) atoms. The van der Waals surface area contributed by atoms with Gasteiger partial charge in [-0.15, -0.1) is 5.11 Å². The van der Waals surface area contributed by atoms with E-state index in [1.165, 1.54) is 0 Å². The molecule has 0 aliphatic rings. The van der Waals surface area contributed by atoms with Crippen LogP contribution in [0.1, 0.15) is 11.4 Å². The molecule has 2 aromatic heterocycles. The van der Waals surface area contributed by atoms with Gasteiger partial charge in [0, 0.05) is 0 Å². The molecule has 0 aliphatic heterocycles. The van der Waals surface area contributed by atoms with Crippen LogP contribution >= 0.6 is 0 Å². The number of hydrogen-bond donors (Lipinski definition) is 1. The minimum absolute atomic E-state index is 0.302. The summed E-state index contributed by atoms with van der Waals surface area (Å²) in [5.74, 6) is 0.699. The van der Waals surface area contributed by atoms with Crippen molar-refractivity contribution in [1.29, 1.82) is 0 Å². The van der Waals surface area contributed by atoms with E-state index in [4.69, 9.17) is 0 Å². The summed E-state index contributed by atoms with van der Waals surface area (Å²) in [6.07, 6.45) is 0. The normalized spacial score (nSPS) is 11.1. The maximum atomic E-state index is 4.45. The molecule has 0 saturated heterocycles. The van der Waals surface area contributed by atoms with E-state index in [1.807, 2.05) is 0 Å². The number of hydrogen-bond acceptors (Lipinski definition) is 8. The molecule has 0 bridgehead atoms. The summed E-state index contributed by atoms with van der Waals surface area (Å²) in [6, 6.07) is 0. The molecule has 0 unspecified atom stereocenters. The summed E-state index contributed by atoms with van der Waals surface area (Å²) in [4.78, 5) is 0. The van der Waals surface area contributed by atoms with Crippen molar-refractivity contribution in [3.05, 3.63) is 11.4 Å². The first kappa shape index (κ1) is 9.24.